The molecule has 1 aliphatic carbocycles. The predicted octanol–water partition coefficient (Wildman–Crippen LogP) is 4.74. The Morgan fingerprint density at radius 3 is 2.54 bits per heavy atom. The zero-order valence-corrected chi connectivity index (χ0v) is 24.5. The topological polar surface area (TPSA) is 105 Å². The third-order valence-corrected chi connectivity index (χ3v) is 9.47. The number of thiophene rings is 1. The van der Waals surface area contributed by atoms with Crippen molar-refractivity contribution >= 4 is 23.2 Å². The summed E-state index contributed by atoms with van der Waals surface area (Å²) in [7, 11) is 0. The molecule has 2 aliphatic rings. The maximum absolute atomic E-state index is 13.8. The molecule has 1 unspecified atom stereocenters. The number of carbonyl (C=O) groups is 2. The average molecular weight is 582 g/mol. The van der Waals surface area contributed by atoms with E-state index in [0.717, 1.165) is 44.3 Å². The summed E-state index contributed by atoms with van der Waals surface area (Å²) in [5, 5.41) is 9.19. The van der Waals surface area contributed by atoms with Crippen molar-refractivity contribution in [2.75, 3.05) is 19.6 Å². The molecule has 0 bridgehead atoms. The number of hydrogen-bond donors (Lipinski definition) is 2. The number of amides is 2. The maximum Gasteiger partial charge on any atom is 0.276 e. The first-order chi connectivity index (χ1) is 19.9. The van der Waals surface area contributed by atoms with Gasteiger partial charge >= 0.3 is 0 Å². The second kappa shape index (κ2) is 13.7. The lowest BCUT2D eigenvalue weighted by molar-refractivity contribution is -0.128. The molecule has 2 atom stereocenters. The Bertz CT molecular complexity index is 1270. The van der Waals surface area contributed by atoms with Crippen molar-refractivity contribution in [3.05, 3.63) is 75.6 Å². The number of benzene rings is 1. The minimum Gasteiger partial charge on any atom is -0.361 e. The molecule has 2 fully saturated rings. The zero-order valence-electron chi connectivity index (χ0n) is 23.6. The van der Waals surface area contributed by atoms with Gasteiger partial charge in [0.1, 0.15) is 17.6 Å². The molecular formula is C31H40FN5O3S. The number of piperidine rings is 1. The monoisotopic (exact) mass is 581 g/mol. The van der Waals surface area contributed by atoms with E-state index < -0.39 is 6.04 Å². The second-order valence-corrected chi connectivity index (χ2v) is 12.5. The predicted molar refractivity (Wildman–Crippen MR) is 157 cm³/mol. The molecule has 1 aromatic carbocycles. The first-order valence-electron chi connectivity index (χ1n) is 14.6. The summed E-state index contributed by atoms with van der Waals surface area (Å²) in [6.07, 6.45) is 5.52. The Balaban J connectivity index is 1.33. The summed E-state index contributed by atoms with van der Waals surface area (Å²) in [4.78, 5) is 32.5. The van der Waals surface area contributed by atoms with Gasteiger partial charge in [-0.15, -0.1) is 11.3 Å². The van der Waals surface area contributed by atoms with Crippen LogP contribution >= 0.6 is 11.3 Å². The van der Waals surface area contributed by atoms with E-state index in [2.05, 4.69) is 26.8 Å². The van der Waals surface area contributed by atoms with Crippen LogP contribution in [0.3, 0.4) is 0 Å². The molecule has 1 saturated heterocycles. The number of likely N-dealkylation sites (tertiary alicyclic amines) is 1. The Labute approximate surface area is 245 Å². The van der Waals surface area contributed by atoms with Gasteiger partial charge in [0.25, 0.3) is 5.91 Å². The van der Waals surface area contributed by atoms with E-state index >= 15 is 0 Å². The largest absolute Gasteiger partial charge is 0.361 e. The van der Waals surface area contributed by atoms with Crippen LogP contribution in [0, 0.1) is 24.6 Å². The Morgan fingerprint density at radius 1 is 1.12 bits per heavy atom. The van der Waals surface area contributed by atoms with Crippen LogP contribution in [0.4, 0.5) is 4.39 Å². The number of aryl methyl sites for hydroxylation is 1. The Morgan fingerprint density at radius 2 is 1.88 bits per heavy atom. The highest BCUT2D eigenvalue weighted by Gasteiger charge is 2.39. The number of halogens is 1. The lowest BCUT2D eigenvalue weighted by atomic mass is 9.82. The number of aromatic nitrogens is 1. The number of nitrogens with one attached hydrogen (secondary N) is 1. The van der Waals surface area contributed by atoms with Crippen molar-refractivity contribution < 1.29 is 18.5 Å². The highest BCUT2D eigenvalue weighted by atomic mass is 32.1. The van der Waals surface area contributed by atoms with Crippen molar-refractivity contribution in [1.29, 1.82) is 0 Å². The first-order valence-corrected chi connectivity index (χ1v) is 15.5. The number of rotatable bonds is 10. The standard InChI is InChI=1S/C31H40FN5O3S/c1-21-15-28(35-40-21)31(39)37-13-12-26(16-29(37)30(38)34-18-23-6-4-22(17-33)5-7-23)36(20-27-3-2-14-41-27)19-24-8-10-25(32)11-9-24/h2-3,8-11,14-15,22-23,26,29H,4-7,12-13,16-20,33H2,1H3,(H,34,38)/t22?,23?,26?,29-/m1/s1. The molecule has 0 spiro atoms. The summed E-state index contributed by atoms with van der Waals surface area (Å²) in [6, 6.07) is 11.8. The van der Waals surface area contributed by atoms with E-state index in [1.165, 1.54) is 17.0 Å². The van der Waals surface area contributed by atoms with E-state index in [4.69, 9.17) is 10.3 Å². The van der Waals surface area contributed by atoms with E-state index in [0.29, 0.717) is 50.1 Å². The molecule has 10 heteroatoms. The molecule has 3 N–H and O–H groups in total. The van der Waals surface area contributed by atoms with Crippen molar-refractivity contribution in [3.63, 3.8) is 0 Å². The van der Waals surface area contributed by atoms with Gasteiger partial charge in [-0.05, 0) is 93.0 Å². The molecule has 2 aromatic heterocycles. The highest BCUT2D eigenvalue weighted by Crippen LogP contribution is 2.30. The number of carbonyl (C=O) groups excluding carboxylic acids is 2. The molecule has 2 amide bonds. The quantitative estimate of drug-likeness (QED) is 0.359. The lowest BCUT2D eigenvalue weighted by Crippen LogP contribution is -2.57. The van der Waals surface area contributed by atoms with E-state index in [-0.39, 0.29) is 29.4 Å². The smallest absolute Gasteiger partial charge is 0.276 e. The van der Waals surface area contributed by atoms with Gasteiger partial charge in [-0.1, -0.05) is 23.4 Å². The van der Waals surface area contributed by atoms with E-state index in [1.807, 2.05) is 18.2 Å². The average Bonchev–Trinajstić information content (AvgIpc) is 3.68. The minimum atomic E-state index is -0.627. The number of nitrogens with two attached hydrogens (primary N) is 1. The van der Waals surface area contributed by atoms with Gasteiger partial charge in [-0.25, -0.2) is 4.39 Å². The first kappa shape index (κ1) is 29.4. The molecule has 0 radical (unpaired) electrons. The summed E-state index contributed by atoms with van der Waals surface area (Å²) >= 11 is 1.69. The fourth-order valence-electron chi connectivity index (χ4n) is 6.16. The summed E-state index contributed by atoms with van der Waals surface area (Å²) in [5.41, 5.74) is 7.09. The van der Waals surface area contributed by atoms with Gasteiger partial charge in [0, 0.05) is 43.2 Å². The van der Waals surface area contributed by atoms with Gasteiger partial charge in [0.15, 0.2) is 5.69 Å². The van der Waals surface area contributed by atoms with Crippen LogP contribution < -0.4 is 11.1 Å². The van der Waals surface area contributed by atoms with Crippen LogP contribution in [0.1, 0.15) is 65.2 Å². The van der Waals surface area contributed by atoms with Gasteiger partial charge in [-0.3, -0.25) is 14.5 Å². The molecule has 220 valence electrons. The lowest BCUT2D eigenvalue weighted by Gasteiger charge is -2.42. The molecule has 5 rings (SSSR count). The fraction of sp³-hybridized carbons (Fsp3) is 0.516. The molecule has 8 nitrogen and oxygen atoms in total. The summed E-state index contributed by atoms with van der Waals surface area (Å²) in [6.45, 7) is 4.85. The molecule has 3 heterocycles. The van der Waals surface area contributed by atoms with Crippen LogP contribution in [-0.2, 0) is 17.9 Å². The van der Waals surface area contributed by atoms with Crippen molar-refractivity contribution in [1.82, 2.24) is 20.3 Å². The van der Waals surface area contributed by atoms with Crippen molar-refractivity contribution in [2.24, 2.45) is 17.6 Å². The molecular weight excluding hydrogens is 541 g/mol. The van der Waals surface area contributed by atoms with Crippen molar-refractivity contribution in [2.45, 2.75) is 70.6 Å². The zero-order chi connectivity index (χ0) is 28.8. The molecule has 1 saturated carbocycles. The van der Waals surface area contributed by atoms with E-state index in [9.17, 15) is 14.0 Å². The van der Waals surface area contributed by atoms with Crippen LogP contribution in [0.5, 0.6) is 0 Å². The van der Waals surface area contributed by atoms with Crippen molar-refractivity contribution in [3.8, 4) is 0 Å². The van der Waals surface area contributed by atoms with Crippen LogP contribution in [0.15, 0.2) is 52.4 Å². The van der Waals surface area contributed by atoms with Gasteiger partial charge in [0.05, 0.1) is 0 Å². The van der Waals surface area contributed by atoms with Crippen LogP contribution in [0.2, 0.25) is 0 Å². The van der Waals surface area contributed by atoms with Gasteiger partial charge < -0.3 is 20.5 Å². The second-order valence-electron chi connectivity index (χ2n) is 11.5. The van der Waals surface area contributed by atoms with Gasteiger partial charge in [-0.2, -0.15) is 0 Å². The summed E-state index contributed by atoms with van der Waals surface area (Å²) in [5.74, 6) is 0.891. The Kier molecular flexibility index (Phi) is 9.84. The fourth-order valence-corrected chi connectivity index (χ4v) is 6.89. The third kappa shape index (κ3) is 7.61. The molecule has 1 aliphatic heterocycles. The number of nitrogens with zero attached hydrogens (tertiary/aromatic N) is 3. The maximum atomic E-state index is 13.8. The highest BCUT2D eigenvalue weighted by molar-refractivity contribution is 7.09. The molecule has 3 aromatic rings. The SMILES string of the molecule is Cc1cc(C(=O)N2CCC(N(Cc3ccc(F)cc3)Cc3cccs3)C[C@@H]2C(=O)NCC2CCC(CN)CC2)no1. The molecule has 41 heavy (non-hydrogen) atoms. The normalized spacial score (nSPS) is 23.1. The summed E-state index contributed by atoms with van der Waals surface area (Å²) < 4.78 is 18.8. The van der Waals surface area contributed by atoms with Gasteiger partial charge in [0.2, 0.25) is 5.91 Å². The van der Waals surface area contributed by atoms with Crippen LogP contribution in [0.25, 0.3) is 0 Å². The van der Waals surface area contributed by atoms with E-state index in [1.54, 1.807) is 29.2 Å². The third-order valence-electron chi connectivity index (χ3n) is 8.60. The number of hydrogen-bond acceptors (Lipinski definition) is 7. The van der Waals surface area contributed by atoms with Crippen LogP contribution in [-0.4, -0.2) is 58.5 Å². The Hall–Kier alpha value is -3.08. The minimum absolute atomic E-state index is 0.0565.